The second-order valence-corrected chi connectivity index (χ2v) is 4.41. The van der Waals surface area contributed by atoms with Gasteiger partial charge in [-0.1, -0.05) is 23.2 Å². The number of carbonyl (C=O) groups excluding carboxylic acids is 1. The van der Waals surface area contributed by atoms with Gasteiger partial charge in [-0.2, -0.15) is 0 Å². The molecule has 0 aliphatic rings. The van der Waals surface area contributed by atoms with Gasteiger partial charge in [-0.05, 0) is 17.7 Å². The Kier molecular flexibility index (Phi) is 5.34. The molecular formula is C11H11Cl2FO4. The van der Waals surface area contributed by atoms with Crippen molar-refractivity contribution in [2.45, 2.75) is 18.6 Å². The molecular weight excluding hydrogens is 286 g/mol. The van der Waals surface area contributed by atoms with Crippen molar-refractivity contribution in [3.63, 3.8) is 0 Å². The van der Waals surface area contributed by atoms with Crippen molar-refractivity contribution in [2.75, 3.05) is 7.11 Å². The molecule has 0 fully saturated rings. The van der Waals surface area contributed by atoms with Crippen LogP contribution in [0.5, 0.6) is 0 Å². The number of hydrogen-bond acceptors (Lipinski definition) is 4. The van der Waals surface area contributed by atoms with Crippen molar-refractivity contribution in [1.29, 1.82) is 0 Å². The average molecular weight is 297 g/mol. The number of aliphatic hydroxyl groups is 2. The SMILES string of the molecule is COC(=O)CC(O)C(O)c1cc(Cl)c(F)c(Cl)c1. The Labute approximate surface area is 113 Å². The van der Waals surface area contributed by atoms with E-state index in [0.29, 0.717) is 0 Å². The van der Waals surface area contributed by atoms with E-state index in [2.05, 4.69) is 4.74 Å². The van der Waals surface area contributed by atoms with Gasteiger partial charge in [-0.25, -0.2) is 4.39 Å². The molecule has 0 amide bonds. The third kappa shape index (κ3) is 3.55. The minimum atomic E-state index is -1.42. The zero-order valence-corrected chi connectivity index (χ0v) is 10.9. The Hall–Kier alpha value is -0.880. The smallest absolute Gasteiger partial charge is 0.308 e. The summed E-state index contributed by atoms with van der Waals surface area (Å²) in [6, 6.07) is 2.27. The molecule has 18 heavy (non-hydrogen) atoms. The Balaban J connectivity index is 2.90. The van der Waals surface area contributed by atoms with Gasteiger partial charge in [0.25, 0.3) is 0 Å². The van der Waals surface area contributed by atoms with Crippen molar-refractivity contribution in [3.05, 3.63) is 33.6 Å². The summed E-state index contributed by atoms with van der Waals surface area (Å²) in [6.45, 7) is 0. The molecule has 0 saturated heterocycles. The van der Waals surface area contributed by atoms with Crippen molar-refractivity contribution >= 4 is 29.2 Å². The van der Waals surface area contributed by atoms with Gasteiger partial charge in [0.05, 0.1) is 29.7 Å². The minimum Gasteiger partial charge on any atom is -0.469 e. The number of ether oxygens (including phenoxy) is 1. The highest BCUT2D eigenvalue weighted by Gasteiger charge is 2.23. The maximum absolute atomic E-state index is 13.2. The topological polar surface area (TPSA) is 66.8 Å². The fraction of sp³-hybridized carbons (Fsp3) is 0.364. The molecule has 0 spiro atoms. The maximum Gasteiger partial charge on any atom is 0.308 e. The molecule has 1 aromatic rings. The Morgan fingerprint density at radius 3 is 2.33 bits per heavy atom. The molecule has 0 aliphatic carbocycles. The summed E-state index contributed by atoms with van der Waals surface area (Å²) in [5.74, 6) is -1.49. The number of benzene rings is 1. The zero-order chi connectivity index (χ0) is 13.9. The summed E-state index contributed by atoms with van der Waals surface area (Å²) in [5.41, 5.74) is 0.114. The lowest BCUT2D eigenvalue weighted by atomic mass is 10.0. The van der Waals surface area contributed by atoms with Crippen LogP contribution in [0.15, 0.2) is 12.1 Å². The van der Waals surface area contributed by atoms with Gasteiger partial charge >= 0.3 is 5.97 Å². The van der Waals surface area contributed by atoms with E-state index in [4.69, 9.17) is 23.2 Å². The molecule has 0 heterocycles. The molecule has 2 N–H and O–H groups in total. The Bertz CT molecular complexity index is 430. The van der Waals surface area contributed by atoms with Gasteiger partial charge in [0.15, 0.2) is 5.82 Å². The second-order valence-electron chi connectivity index (χ2n) is 3.59. The van der Waals surface area contributed by atoms with Crippen LogP contribution in [-0.2, 0) is 9.53 Å². The molecule has 0 radical (unpaired) electrons. The predicted molar refractivity (Wildman–Crippen MR) is 64.0 cm³/mol. The van der Waals surface area contributed by atoms with Crippen LogP contribution in [0, 0.1) is 5.82 Å². The molecule has 0 saturated carbocycles. The molecule has 100 valence electrons. The van der Waals surface area contributed by atoms with Crippen molar-refractivity contribution < 1.29 is 24.1 Å². The minimum absolute atomic E-state index is 0.114. The van der Waals surface area contributed by atoms with Gasteiger partial charge in [0.1, 0.15) is 6.10 Å². The van der Waals surface area contributed by atoms with E-state index in [-0.39, 0.29) is 15.6 Å². The summed E-state index contributed by atoms with van der Waals surface area (Å²) < 4.78 is 17.5. The fourth-order valence-electron chi connectivity index (χ4n) is 1.33. The van der Waals surface area contributed by atoms with Crippen LogP contribution in [0.25, 0.3) is 0 Å². The van der Waals surface area contributed by atoms with Gasteiger partial charge in [-0.3, -0.25) is 4.79 Å². The molecule has 2 atom stereocenters. The third-order valence-electron chi connectivity index (χ3n) is 2.32. The van der Waals surface area contributed by atoms with Crippen molar-refractivity contribution in [3.8, 4) is 0 Å². The molecule has 1 aromatic carbocycles. The summed E-state index contributed by atoms with van der Waals surface area (Å²) in [7, 11) is 1.16. The summed E-state index contributed by atoms with van der Waals surface area (Å²) in [4.78, 5) is 10.9. The Morgan fingerprint density at radius 1 is 1.39 bits per heavy atom. The first-order valence-electron chi connectivity index (χ1n) is 4.94. The number of hydrogen-bond donors (Lipinski definition) is 2. The first-order valence-corrected chi connectivity index (χ1v) is 5.69. The maximum atomic E-state index is 13.2. The van der Waals surface area contributed by atoms with E-state index >= 15 is 0 Å². The van der Waals surface area contributed by atoms with E-state index in [9.17, 15) is 19.4 Å². The highest BCUT2D eigenvalue weighted by atomic mass is 35.5. The Morgan fingerprint density at radius 2 is 1.89 bits per heavy atom. The lowest BCUT2D eigenvalue weighted by Gasteiger charge is -2.17. The lowest BCUT2D eigenvalue weighted by molar-refractivity contribution is -0.144. The quantitative estimate of drug-likeness (QED) is 0.659. The number of halogens is 3. The van der Waals surface area contributed by atoms with Crippen LogP contribution >= 0.6 is 23.2 Å². The molecule has 1 rings (SSSR count). The van der Waals surface area contributed by atoms with Crippen LogP contribution in [0.2, 0.25) is 10.0 Å². The molecule has 2 unspecified atom stereocenters. The van der Waals surface area contributed by atoms with Crippen LogP contribution in [0.4, 0.5) is 4.39 Å². The van der Waals surface area contributed by atoms with Gasteiger partial charge in [0, 0.05) is 0 Å². The third-order valence-corrected chi connectivity index (χ3v) is 2.87. The second kappa shape index (κ2) is 6.33. The molecule has 4 nitrogen and oxygen atoms in total. The van der Waals surface area contributed by atoms with E-state index in [0.717, 1.165) is 19.2 Å². The monoisotopic (exact) mass is 296 g/mol. The summed E-state index contributed by atoms with van der Waals surface area (Å²) >= 11 is 11.1. The predicted octanol–water partition coefficient (Wildman–Crippen LogP) is 2.09. The fourth-order valence-corrected chi connectivity index (χ4v) is 1.84. The molecule has 0 bridgehead atoms. The number of rotatable bonds is 4. The van der Waals surface area contributed by atoms with Gasteiger partial charge < -0.3 is 14.9 Å². The number of aliphatic hydroxyl groups excluding tert-OH is 2. The van der Waals surface area contributed by atoms with Gasteiger partial charge in [-0.15, -0.1) is 0 Å². The molecule has 0 aromatic heterocycles. The van der Waals surface area contributed by atoms with E-state index in [1.807, 2.05) is 0 Å². The van der Waals surface area contributed by atoms with E-state index < -0.39 is 30.4 Å². The van der Waals surface area contributed by atoms with Crippen LogP contribution in [-0.4, -0.2) is 29.4 Å². The van der Waals surface area contributed by atoms with Gasteiger partial charge in [0.2, 0.25) is 0 Å². The summed E-state index contributed by atoms with van der Waals surface area (Å²) in [6.07, 6.45) is -3.21. The largest absolute Gasteiger partial charge is 0.469 e. The lowest BCUT2D eigenvalue weighted by Crippen LogP contribution is -2.22. The molecule has 0 aliphatic heterocycles. The zero-order valence-electron chi connectivity index (χ0n) is 9.36. The normalized spacial score (nSPS) is 14.1. The highest BCUT2D eigenvalue weighted by molar-refractivity contribution is 6.35. The highest BCUT2D eigenvalue weighted by Crippen LogP contribution is 2.29. The summed E-state index contributed by atoms with van der Waals surface area (Å²) in [5, 5.41) is 18.8. The van der Waals surface area contributed by atoms with E-state index in [1.54, 1.807) is 0 Å². The van der Waals surface area contributed by atoms with E-state index in [1.165, 1.54) is 0 Å². The number of esters is 1. The standard InChI is InChI=1S/C11H11Cl2FO4/c1-18-9(16)4-8(15)11(17)5-2-6(12)10(14)7(13)3-5/h2-3,8,11,15,17H,4H2,1H3. The first-order chi connectivity index (χ1) is 8.36. The van der Waals surface area contributed by atoms with Crippen molar-refractivity contribution in [2.24, 2.45) is 0 Å². The number of carbonyl (C=O) groups is 1. The average Bonchev–Trinajstić information content (AvgIpc) is 2.33. The number of methoxy groups -OCH3 is 1. The molecule has 7 heteroatoms. The van der Waals surface area contributed by atoms with Crippen LogP contribution in [0.1, 0.15) is 18.1 Å². The first kappa shape index (κ1) is 15.2. The van der Waals surface area contributed by atoms with Crippen molar-refractivity contribution in [1.82, 2.24) is 0 Å². The van der Waals surface area contributed by atoms with Crippen LogP contribution < -0.4 is 0 Å². The van der Waals surface area contributed by atoms with Crippen LogP contribution in [0.3, 0.4) is 0 Å².